The molecule has 0 radical (unpaired) electrons. The van der Waals surface area contributed by atoms with Gasteiger partial charge in [0.25, 0.3) is 11.8 Å². The molecule has 2 aromatic rings. The predicted molar refractivity (Wildman–Crippen MR) is 82.5 cm³/mol. The largest absolute Gasteiger partial charge is 0.343 e. The smallest absolute Gasteiger partial charge is 0.291 e. The van der Waals surface area contributed by atoms with Gasteiger partial charge in [0.05, 0.1) is 23.1 Å². The second kappa shape index (κ2) is 6.77. The lowest BCUT2D eigenvalue weighted by molar-refractivity contribution is 0.0117. The van der Waals surface area contributed by atoms with Gasteiger partial charge in [-0.1, -0.05) is 29.3 Å². The Balaban J connectivity index is 2.26. The monoisotopic (exact) mass is 363 g/mol. The van der Waals surface area contributed by atoms with E-state index in [4.69, 9.17) is 28.9 Å². The molecule has 2 rings (SSSR count). The van der Waals surface area contributed by atoms with Crippen LogP contribution in [-0.2, 0) is 0 Å². The first kappa shape index (κ1) is 17.6. The molecule has 124 valence electrons. The molecule has 0 saturated heterocycles. The minimum Gasteiger partial charge on any atom is -0.343 e. The van der Waals surface area contributed by atoms with E-state index in [1.165, 1.54) is 4.68 Å². The van der Waals surface area contributed by atoms with Crippen LogP contribution < -0.4 is 11.1 Å². The summed E-state index contributed by atoms with van der Waals surface area (Å²) in [6.07, 6.45) is 0. The zero-order valence-corrected chi connectivity index (χ0v) is 13.5. The summed E-state index contributed by atoms with van der Waals surface area (Å²) in [6, 6.07) is 4.86. The molecule has 0 atom stereocenters. The molecular weight excluding hydrogens is 351 g/mol. The number of nitrogens with one attached hydrogen (secondary N) is 1. The van der Waals surface area contributed by atoms with Gasteiger partial charge in [-0.2, -0.15) is 0 Å². The van der Waals surface area contributed by atoms with Crippen LogP contribution in [-0.4, -0.2) is 39.7 Å². The van der Waals surface area contributed by atoms with Crippen LogP contribution in [0.2, 0.25) is 10.0 Å². The van der Waals surface area contributed by atoms with Crippen LogP contribution >= 0.6 is 23.2 Å². The summed E-state index contributed by atoms with van der Waals surface area (Å²) in [4.78, 5) is 15.8. The molecule has 0 fully saturated rings. The molecule has 0 aliphatic carbocycles. The molecule has 0 aliphatic heterocycles. The molecule has 0 spiro atoms. The number of rotatable bonds is 5. The number of carbonyl (C=O) groups excluding carboxylic acids is 1. The van der Waals surface area contributed by atoms with Gasteiger partial charge in [-0.3, -0.25) is 4.79 Å². The topological polar surface area (TPSA) is 85.8 Å². The molecule has 1 aromatic carbocycles. The maximum absolute atomic E-state index is 13.1. The van der Waals surface area contributed by atoms with E-state index in [2.05, 4.69) is 10.1 Å². The molecule has 6 nitrogen and oxygen atoms in total. The van der Waals surface area contributed by atoms with E-state index < -0.39 is 24.9 Å². The predicted octanol–water partition coefficient (Wildman–Crippen LogP) is 2.21. The summed E-state index contributed by atoms with van der Waals surface area (Å²) >= 11 is 12.2. The van der Waals surface area contributed by atoms with Crippen LogP contribution in [0.25, 0.3) is 5.69 Å². The van der Waals surface area contributed by atoms with Crippen LogP contribution in [0.15, 0.2) is 18.2 Å². The average Bonchev–Trinajstić information content (AvgIpc) is 2.87. The van der Waals surface area contributed by atoms with Gasteiger partial charge in [-0.25, -0.2) is 18.4 Å². The second-order valence-electron chi connectivity index (χ2n) is 4.71. The highest BCUT2D eigenvalue weighted by molar-refractivity contribution is 6.37. The van der Waals surface area contributed by atoms with Gasteiger partial charge in [0.15, 0.2) is 0 Å². The Morgan fingerprint density at radius 2 is 2.00 bits per heavy atom. The van der Waals surface area contributed by atoms with E-state index in [-0.39, 0.29) is 5.82 Å². The van der Waals surface area contributed by atoms with Crippen molar-refractivity contribution in [3.63, 3.8) is 0 Å². The van der Waals surface area contributed by atoms with Crippen molar-refractivity contribution in [2.45, 2.75) is 12.8 Å². The number of aromatic nitrogens is 3. The van der Waals surface area contributed by atoms with Crippen LogP contribution in [0.3, 0.4) is 0 Å². The molecule has 0 unspecified atom stereocenters. The number of alkyl halides is 2. The van der Waals surface area contributed by atoms with E-state index in [9.17, 15) is 13.6 Å². The summed E-state index contributed by atoms with van der Waals surface area (Å²) in [6.45, 7) is -0.190. The van der Waals surface area contributed by atoms with E-state index in [1.807, 2.05) is 5.32 Å². The maximum atomic E-state index is 13.1. The molecule has 1 aromatic heterocycles. The van der Waals surface area contributed by atoms with Crippen molar-refractivity contribution in [2.24, 2.45) is 5.73 Å². The normalized spacial score (nSPS) is 11.6. The molecule has 3 N–H and O–H groups in total. The van der Waals surface area contributed by atoms with Gasteiger partial charge in [0, 0.05) is 0 Å². The Kier molecular flexibility index (Phi) is 5.18. The van der Waals surface area contributed by atoms with Crippen molar-refractivity contribution in [3.8, 4) is 5.69 Å². The molecule has 0 aliphatic rings. The fraction of sp³-hybridized carbons (Fsp3) is 0.308. The van der Waals surface area contributed by atoms with Crippen molar-refractivity contribution >= 4 is 29.1 Å². The zero-order valence-electron chi connectivity index (χ0n) is 12.0. The Morgan fingerprint density at radius 1 is 1.39 bits per heavy atom. The summed E-state index contributed by atoms with van der Waals surface area (Å²) < 4.78 is 27.4. The number of benzene rings is 1. The van der Waals surface area contributed by atoms with Crippen molar-refractivity contribution in [1.29, 1.82) is 0 Å². The third-order valence-electron chi connectivity index (χ3n) is 2.93. The lowest BCUT2D eigenvalue weighted by atomic mass is 10.3. The number of nitrogens with two attached hydrogens (primary N) is 1. The Morgan fingerprint density at radius 3 is 2.57 bits per heavy atom. The Hall–Kier alpha value is -1.77. The van der Waals surface area contributed by atoms with Gasteiger partial charge in [-0.05, 0) is 19.1 Å². The maximum Gasteiger partial charge on any atom is 0.291 e. The van der Waals surface area contributed by atoms with Crippen molar-refractivity contribution in [1.82, 2.24) is 20.1 Å². The van der Waals surface area contributed by atoms with Gasteiger partial charge >= 0.3 is 0 Å². The van der Waals surface area contributed by atoms with Gasteiger partial charge in [0.2, 0.25) is 5.82 Å². The highest BCUT2D eigenvalue weighted by atomic mass is 35.5. The Bertz CT molecular complexity index is 715. The molecule has 1 amide bonds. The first-order chi connectivity index (χ1) is 10.7. The van der Waals surface area contributed by atoms with Gasteiger partial charge in [0.1, 0.15) is 11.5 Å². The second-order valence-corrected chi connectivity index (χ2v) is 5.52. The summed E-state index contributed by atoms with van der Waals surface area (Å²) in [5, 5.41) is 6.64. The van der Waals surface area contributed by atoms with Crippen LogP contribution in [0.1, 0.15) is 16.4 Å². The fourth-order valence-corrected chi connectivity index (χ4v) is 2.31. The van der Waals surface area contributed by atoms with Crippen molar-refractivity contribution in [3.05, 3.63) is 39.9 Å². The number of nitrogens with zero attached hydrogens (tertiary/aromatic N) is 3. The number of amides is 1. The number of carbonyl (C=O) groups is 1. The van der Waals surface area contributed by atoms with Crippen molar-refractivity contribution < 1.29 is 13.6 Å². The third-order valence-corrected chi connectivity index (χ3v) is 3.54. The zero-order chi connectivity index (χ0) is 17.2. The molecule has 0 bridgehead atoms. The molecule has 23 heavy (non-hydrogen) atoms. The number of para-hydroxylation sites is 1. The lowest BCUT2D eigenvalue weighted by Gasteiger charge is -2.13. The van der Waals surface area contributed by atoms with Gasteiger partial charge in [-0.15, -0.1) is 5.10 Å². The molecule has 0 saturated carbocycles. The summed E-state index contributed by atoms with van der Waals surface area (Å²) in [5.41, 5.74) is 5.26. The number of hydrogen-bond donors (Lipinski definition) is 2. The van der Waals surface area contributed by atoms with E-state index in [0.717, 1.165) is 0 Å². The first-order valence-corrected chi connectivity index (χ1v) is 7.25. The van der Waals surface area contributed by atoms with E-state index in [1.54, 1.807) is 25.1 Å². The minimum atomic E-state index is -3.20. The molecule has 1 heterocycles. The van der Waals surface area contributed by atoms with Gasteiger partial charge < -0.3 is 11.1 Å². The first-order valence-electron chi connectivity index (χ1n) is 6.49. The number of hydrogen-bond acceptors (Lipinski definition) is 4. The lowest BCUT2D eigenvalue weighted by Crippen LogP contribution is -2.41. The van der Waals surface area contributed by atoms with Crippen LogP contribution in [0.5, 0.6) is 0 Å². The fourth-order valence-electron chi connectivity index (χ4n) is 1.75. The summed E-state index contributed by atoms with van der Waals surface area (Å²) in [7, 11) is 0. The van der Waals surface area contributed by atoms with Crippen LogP contribution in [0.4, 0.5) is 8.78 Å². The highest BCUT2D eigenvalue weighted by Crippen LogP contribution is 2.28. The number of halogens is 4. The summed E-state index contributed by atoms with van der Waals surface area (Å²) in [5.74, 6) is -3.98. The highest BCUT2D eigenvalue weighted by Gasteiger charge is 2.28. The molecule has 10 heteroatoms. The minimum absolute atomic E-state index is 0.272. The van der Waals surface area contributed by atoms with Crippen molar-refractivity contribution in [2.75, 3.05) is 13.1 Å². The molecular formula is C13H13Cl2F2N5O. The Labute approximate surface area is 140 Å². The number of aryl methyl sites for hydroxylation is 1. The van der Waals surface area contributed by atoms with E-state index >= 15 is 0 Å². The van der Waals surface area contributed by atoms with E-state index in [0.29, 0.717) is 21.6 Å². The quantitative estimate of drug-likeness (QED) is 0.852. The third kappa shape index (κ3) is 3.95. The van der Waals surface area contributed by atoms with Crippen LogP contribution in [0, 0.1) is 6.92 Å². The standard InChI is InChI=1S/C13H13Cl2F2N5O/c1-7-20-11(12(23)19-6-13(16,17)5-18)21-22(7)10-8(14)3-2-4-9(10)15/h2-4H,5-6,18H2,1H3,(H,19,23). The SMILES string of the molecule is Cc1nc(C(=O)NCC(F)(F)CN)nn1-c1c(Cl)cccc1Cl. The average molecular weight is 364 g/mol.